The molecule has 3 N–H and O–H groups in total. The molecular formula is C68H128O17P2. The molecule has 87 heavy (non-hydrogen) atoms. The largest absolute Gasteiger partial charge is 0.472 e. The van der Waals surface area contributed by atoms with Gasteiger partial charge in [-0.2, -0.15) is 0 Å². The van der Waals surface area contributed by atoms with Gasteiger partial charge in [0.1, 0.15) is 19.3 Å². The van der Waals surface area contributed by atoms with Crippen LogP contribution in [0.4, 0.5) is 0 Å². The van der Waals surface area contributed by atoms with Crippen LogP contribution in [-0.4, -0.2) is 96.7 Å². The molecule has 0 saturated carbocycles. The van der Waals surface area contributed by atoms with Gasteiger partial charge in [0.05, 0.1) is 26.4 Å². The molecule has 0 aromatic heterocycles. The molecule has 0 amide bonds. The summed E-state index contributed by atoms with van der Waals surface area (Å²) in [6.45, 7) is 9.36. The Bertz CT molecular complexity index is 1790. The van der Waals surface area contributed by atoms with Gasteiger partial charge in [0.2, 0.25) is 0 Å². The number of hydrogen-bond donors (Lipinski definition) is 3. The minimum atomic E-state index is -4.96. The van der Waals surface area contributed by atoms with E-state index in [2.05, 4.69) is 65.8 Å². The second-order valence-electron chi connectivity index (χ2n) is 24.8. The first-order valence-electron chi connectivity index (χ1n) is 34.8. The van der Waals surface area contributed by atoms with E-state index in [0.29, 0.717) is 25.7 Å². The molecule has 0 bridgehead atoms. The van der Waals surface area contributed by atoms with Crippen LogP contribution in [0.3, 0.4) is 0 Å². The predicted molar refractivity (Wildman–Crippen MR) is 349 cm³/mol. The number of aliphatic hydroxyl groups excluding tert-OH is 1. The SMILES string of the molecule is CCCCCC/C=C\C=C/CCCCCCCC(=O)O[C@H](COC(=O)CCCCCCCCCCCCCC(C)C)COP(=O)(O)OC[C@@H](O)COP(=O)(O)OC[C@@H](COC(=O)CCCCCCC)OC(=O)CCCCCCCCCCCCC(C)C. The molecule has 0 radical (unpaired) electrons. The molecule has 0 heterocycles. The molecule has 0 aromatic carbocycles. The first-order chi connectivity index (χ1) is 41.9. The van der Waals surface area contributed by atoms with Gasteiger partial charge in [-0.1, -0.05) is 265 Å². The average Bonchev–Trinajstić information content (AvgIpc) is 3.69. The van der Waals surface area contributed by atoms with Gasteiger partial charge in [-0.15, -0.1) is 0 Å². The number of unbranched alkanes of at least 4 members (excludes halogenated alkanes) is 32. The number of phosphoric ester groups is 2. The monoisotopic (exact) mass is 1280 g/mol. The minimum Gasteiger partial charge on any atom is -0.462 e. The Labute approximate surface area is 529 Å². The quantitative estimate of drug-likeness (QED) is 0.0169. The van der Waals surface area contributed by atoms with Crippen LogP contribution < -0.4 is 0 Å². The lowest BCUT2D eigenvalue weighted by atomic mass is 10.0. The van der Waals surface area contributed by atoms with E-state index in [-0.39, 0.29) is 25.7 Å². The Hall–Kier alpha value is -2.46. The van der Waals surface area contributed by atoms with Crippen molar-refractivity contribution < 1.29 is 80.2 Å². The molecular weight excluding hydrogens is 1150 g/mol. The van der Waals surface area contributed by atoms with E-state index in [1.165, 1.54) is 116 Å². The van der Waals surface area contributed by atoms with Crippen molar-refractivity contribution in [3.63, 3.8) is 0 Å². The molecule has 0 aliphatic carbocycles. The Kier molecular flexibility index (Phi) is 58.1. The van der Waals surface area contributed by atoms with Gasteiger partial charge >= 0.3 is 39.5 Å². The zero-order valence-electron chi connectivity index (χ0n) is 55.8. The topological polar surface area (TPSA) is 237 Å². The zero-order valence-corrected chi connectivity index (χ0v) is 57.6. The van der Waals surface area contributed by atoms with E-state index < -0.39 is 97.5 Å². The third kappa shape index (κ3) is 62.1. The van der Waals surface area contributed by atoms with Crippen molar-refractivity contribution in [1.29, 1.82) is 0 Å². The summed E-state index contributed by atoms with van der Waals surface area (Å²) >= 11 is 0. The number of carbonyl (C=O) groups is 4. The summed E-state index contributed by atoms with van der Waals surface area (Å²) in [5, 5.41) is 10.5. The molecule has 19 heteroatoms. The van der Waals surface area contributed by atoms with Crippen LogP contribution in [0.2, 0.25) is 0 Å². The van der Waals surface area contributed by atoms with Gasteiger partial charge < -0.3 is 33.8 Å². The number of esters is 4. The molecule has 0 fully saturated rings. The van der Waals surface area contributed by atoms with Crippen LogP contribution in [0, 0.1) is 11.8 Å². The maximum absolute atomic E-state index is 13.0. The fraction of sp³-hybridized carbons (Fsp3) is 0.882. The molecule has 0 aromatic rings. The summed E-state index contributed by atoms with van der Waals surface area (Å²) in [6, 6.07) is 0. The second-order valence-corrected chi connectivity index (χ2v) is 27.7. The summed E-state index contributed by atoms with van der Waals surface area (Å²) in [5.74, 6) is -0.649. The highest BCUT2D eigenvalue weighted by atomic mass is 31.2. The van der Waals surface area contributed by atoms with Gasteiger partial charge in [0, 0.05) is 25.7 Å². The Morgan fingerprint density at radius 3 is 0.943 bits per heavy atom. The van der Waals surface area contributed by atoms with Crippen LogP contribution in [0.5, 0.6) is 0 Å². The van der Waals surface area contributed by atoms with Gasteiger partial charge in [0.15, 0.2) is 12.2 Å². The first kappa shape index (κ1) is 84.5. The molecule has 2 unspecified atom stereocenters. The third-order valence-corrected chi connectivity index (χ3v) is 17.0. The molecule has 0 aliphatic heterocycles. The number of hydrogen-bond acceptors (Lipinski definition) is 15. The highest BCUT2D eigenvalue weighted by Crippen LogP contribution is 2.45. The van der Waals surface area contributed by atoms with Gasteiger partial charge in [-0.3, -0.25) is 37.3 Å². The molecule has 0 spiro atoms. The van der Waals surface area contributed by atoms with Crippen molar-refractivity contribution in [3.05, 3.63) is 24.3 Å². The second kappa shape index (κ2) is 59.8. The van der Waals surface area contributed by atoms with Crippen molar-refractivity contribution in [1.82, 2.24) is 0 Å². The van der Waals surface area contributed by atoms with Gasteiger partial charge in [-0.05, 0) is 63.2 Å². The fourth-order valence-electron chi connectivity index (χ4n) is 9.70. The molecule has 0 rings (SSSR count). The number of ether oxygens (including phenoxy) is 4. The third-order valence-electron chi connectivity index (χ3n) is 15.1. The van der Waals surface area contributed by atoms with E-state index in [0.717, 1.165) is 121 Å². The fourth-order valence-corrected chi connectivity index (χ4v) is 11.3. The van der Waals surface area contributed by atoms with Crippen LogP contribution >= 0.6 is 15.6 Å². The van der Waals surface area contributed by atoms with E-state index in [1.807, 2.05) is 0 Å². The maximum Gasteiger partial charge on any atom is 0.472 e. The van der Waals surface area contributed by atoms with Crippen LogP contribution in [0.1, 0.15) is 318 Å². The van der Waals surface area contributed by atoms with Crippen LogP contribution in [0.25, 0.3) is 0 Å². The molecule has 512 valence electrons. The number of aliphatic hydroxyl groups is 1. The maximum atomic E-state index is 13.0. The Balaban J connectivity index is 5.21. The molecule has 5 atom stereocenters. The lowest BCUT2D eigenvalue weighted by Gasteiger charge is -2.21. The van der Waals surface area contributed by atoms with E-state index in [1.54, 1.807) is 0 Å². The standard InChI is InChI=1S/C68H128O17P2/c1-7-9-11-13-14-15-16-17-18-19-22-29-34-40-46-52-68(73)85-64(57-79-66(71)51-45-39-33-28-23-20-21-26-31-37-42-48-60(3)4)59-83-87(76,77)81-55-62(69)54-80-86(74,75)82-58-63(56-78-65(70)50-44-36-12-10-8-2)84-67(72)53-47-41-35-30-25-24-27-32-38-43-49-61(5)6/h15-18,60-64,69H,7-14,19-59H2,1-6H3,(H,74,75)(H,76,77)/b16-15-,18-17-/t62-,63+,64+/m0/s1. The van der Waals surface area contributed by atoms with Crippen molar-refractivity contribution in [2.24, 2.45) is 11.8 Å². The normalized spacial score (nSPS) is 14.4. The average molecular weight is 1280 g/mol. The van der Waals surface area contributed by atoms with E-state index in [9.17, 15) is 43.2 Å². The minimum absolute atomic E-state index is 0.0846. The highest BCUT2D eigenvalue weighted by Gasteiger charge is 2.30. The van der Waals surface area contributed by atoms with Gasteiger partial charge in [0.25, 0.3) is 0 Å². The number of carbonyl (C=O) groups excluding carboxylic acids is 4. The van der Waals surface area contributed by atoms with Crippen molar-refractivity contribution >= 4 is 39.5 Å². The number of allylic oxidation sites excluding steroid dienone is 4. The first-order valence-corrected chi connectivity index (χ1v) is 37.8. The molecule has 0 aliphatic rings. The summed E-state index contributed by atoms with van der Waals surface area (Å²) in [6.07, 6.45) is 47.0. The van der Waals surface area contributed by atoms with Crippen molar-refractivity contribution in [2.75, 3.05) is 39.6 Å². The summed E-state index contributed by atoms with van der Waals surface area (Å²) in [4.78, 5) is 72.2. The van der Waals surface area contributed by atoms with Crippen LogP contribution in [-0.2, 0) is 65.4 Å². The summed E-state index contributed by atoms with van der Waals surface area (Å²) < 4.78 is 67.9. The molecule has 17 nitrogen and oxygen atoms in total. The van der Waals surface area contributed by atoms with Crippen molar-refractivity contribution in [2.45, 2.75) is 336 Å². The van der Waals surface area contributed by atoms with Crippen LogP contribution in [0.15, 0.2) is 24.3 Å². The lowest BCUT2D eigenvalue weighted by Crippen LogP contribution is -2.30. The molecule has 0 saturated heterocycles. The Morgan fingerprint density at radius 1 is 0.356 bits per heavy atom. The predicted octanol–water partition coefficient (Wildman–Crippen LogP) is 18.8. The lowest BCUT2D eigenvalue weighted by molar-refractivity contribution is -0.161. The van der Waals surface area contributed by atoms with Gasteiger partial charge in [-0.25, -0.2) is 9.13 Å². The van der Waals surface area contributed by atoms with E-state index >= 15 is 0 Å². The number of rotatable bonds is 65. The van der Waals surface area contributed by atoms with Crippen molar-refractivity contribution in [3.8, 4) is 0 Å². The van der Waals surface area contributed by atoms with E-state index in [4.69, 9.17) is 37.0 Å². The highest BCUT2D eigenvalue weighted by molar-refractivity contribution is 7.47. The summed E-state index contributed by atoms with van der Waals surface area (Å²) in [7, 11) is -9.90. The Morgan fingerprint density at radius 2 is 0.621 bits per heavy atom. The smallest absolute Gasteiger partial charge is 0.462 e. The summed E-state index contributed by atoms with van der Waals surface area (Å²) in [5.41, 5.74) is 0. The number of phosphoric acid groups is 2. The zero-order chi connectivity index (χ0) is 64.3.